The molecule has 4 heteroatoms. The Morgan fingerprint density at radius 2 is 2.21 bits per heavy atom. The Morgan fingerprint density at radius 3 is 2.79 bits per heavy atom. The largest absolute Gasteiger partial charge is 0.465 e. The summed E-state index contributed by atoms with van der Waals surface area (Å²) in [5, 5.41) is 0. The summed E-state index contributed by atoms with van der Waals surface area (Å²) < 4.78 is 4.81. The van der Waals surface area contributed by atoms with Crippen molar-refractivity contribution in [3.8, 4) is 0 Å². The molecule has 0 radical (unpaired) electrons. The maximum absolute atomic E-state index is 10.9. The third-order valence-electron chi connectivity index (χ3n) is 1.72. The fourth-order valence-electron chi connectivity index (χ4n) is 1.03. The lowest BCUT2D eigenvalue weighted by molar-refractivity contribution is -0.139. The Morgan fingerprint density at radius 1 is 1.50 bits per heavy atom. The van der Waals surface area contributed by atoms with Crippen molar-refractivity contribution in [1.82, 2.24) is 0 Å². The van der Waals surface area contributed by atoms with Crippen LogP contribution in [0.3, 0.4) is 0 Å². The van der Waals surface area contributed by atoms with Gasteiger partial charge in [0.1, 0.15) is 0 Å². The van der Waals surface area contributed by atoms with E-state index >= 15 is 0 Å². The first-order chi connectivity index (χ1) is 6.66. The summed E-state index contributed by atoms with van der Waals surface area (Å²) in [6.07, 6.45) is 3.35. The molecule has 0 aromatic heterocycles. The maximum Gasteiger partial charge on any atom is 0.315 e. The minimum absolute atomic E-state index is 0.107. The van der Waals surface area contributed by atoms with E-state index in [0.717, 1.165) is 25.0 Å². The van der Waals surface area contributed by atoms with Crippen LogP contribution in [0.2, 0.25) is 0 Å². The highest BCUT2D eigenvalue weighted by Crippen LogP contribution is 2.07. The topological polar surface area (TPSA) is 52.3 Å². The maximum atomic E-state index is 10.9. The van der Waals surface area contributed by atoms with Crippen LogP contribution in [0.5, 0.6) is 0 Å². The second-order valence-electron chi connectivity index (χ2n) is 3.33. The fraction of sp³-hybridized carbons (Fsp3) is 0.900. The van der Waals surface area contributed by atoms with Crippen molar-refractivity contribution in [3.05, 3.63) is 0 Å². The fourth-order valence-corrected chi connectivity index (χ4v) is 1.83. The smallest absolute Gasteiger partial charge is 0.315 e. The number of hydrogen-bond acceptors (Lipinski definition) is 4. The predicted molar refractivity (Wildman–Crippen MR) is 61.5 cm³/mol. The zero-order valence-electron chi connectivity index (χ0n) is 9.12. The van der Waals surface area contributed by atoms with Gasteiger partial charge in [-0.05, 0) is 32.4 Å². The summed E-state index contributed by atoms with van der Waals surface area (Å²) in [6.45, 7) is 4.32. The summed E-state index contributed by atoms with van der Waals surface area (Å²) in [4.78, 5) is 10.9. The molecule has 0 fully saturated rings. The summed E-state index contributed by atoms with van der Waals surface area (Å²) in [5.74, 6) is 1.39. The lowest BCUT2D eigenvalue weighted by Crippen LogP contribution is -2.14. The van der Waals surface area contributed by atoms with Crippen molar-refractivity contribution in [1.29, 1.82) is 0 Å². The average Bonchev–Trinajstić information content (AvgIpc) is 2.11. The second kappa shape index (κ2) is 9.34. The van der Waals surface area contributed by atoms with Crippen LogP contribution >= 0.6 is 11.8 Å². The van der Waals surface area contributed by atoms with E-state index in [1.807, 2.05) is 13.8 Å². The number of unbranched alkanes of at least 4 members (excludes halogenated alkanes) is 1. The molecule has 0 aliphatic heterocycles. The van der Waals surface area contributed by atoms with E-state index in [-0.39, 0.29) is 5.97 Å². The van der Waals surface area contributed by atoms with Crippen LogP contribution in [-0.2, 0) is 9.53 Å². The number of carbonyl (C=O) groups is 1. The molecule has 0 spiro atoms. The van der Waals surface area contributed by atoms with E-state index < -0.39 is 0 Å². The Bertz CT molecular complexity index is 151. The number of ether oxygens (including phenoxy) is 1. The molecule has 14 heavy (non-hydrogen) atoms. The minimum atomic E-state index is -0.107. The van der Waals surface area contributed by atoms with Gasteiger partial charge in [0.2, 0.25) is 0 Å². The van der Waals surface area contributed by atoms with E-state index in [1.54, 1.807) is 11.8 Å². The summed E-state index contributed by atoms with van der Waals surface area (Å²) in [6, 6.07) is 0.296. The van der Waals surface area contributed by atoms with E-state index in [9.17, 15) is 4.79 Å². The third-order valence-corrected chi connectivity index (χ3v) is 2.74. The van der Waals surface area contributed by atoms with Gasteiger partial charge in [0.05, 0.1) is 12.4 Å². The average molecular weight is 219 g/mol. The first-order valence-electron chi connectivity index (χ1n) is 5.15. The number of rotatable bonds is 8. The number of carbonyl (C=O) groups excluding carboxylic acids is 1. The van der Waals surface area contributed by atoms with Gasteiger partial charge in [-0.15, -0.1) is 0 Å². The third kappa shape index (κ3) is 9.86. The molecule has 0 amide bonds. The van der Waals surface area contributed by atoms with Gasteiger partial charge in [-0.3, -0.25) is 4.79 Å². The number of esters is 1. The lowest BCUT2D eigenvalue weighted by Gasteiger charge is -2.04. The van der Waals surface area contributed by atoms with Crippen LogP contribution in [0.25, 0.3) is 0 Å². The van der Waals surface area contributed by atoms with Gasteiger partial charge in [0, 0.05) is 6.04 Å². The monoisotopic (exact) mass is 219 g/mol. The van der Waals surface area contributed by atoms with Crippen LogP contribution < -0.4 is 5.73 Å². The molecule has 0 saturated heterocycles. The SMILES string of the molecule is CCOC(=O)CSCCCCC(C)N. The first-order valence-corrected chi connectivity index (χ1v) is 6.31. The van der Waals surface area contributed by atoms with Crippen molar-refractivity contribution >= 4 is 17.7 Å². The van der Waals surface area contributed by atoms with Crippen molar-refractivity contribution in [2.24, 2.45) is 5.73 Å². The van der Waals surface area contributed by atoms with Crippen LogP contribution in [0, 0.1) is 0 Å². The van der Waals surface area contributed by atoms with Crippen molar-refractivity contribution in [2.75, 3.05) is 18.1 Å². The molecule has 0 heterocycles. The van der Waals surface area contributed by atoms with Crippen LogP contribution in [0.1, 0.15) is 33.1 Å². The Balaban J connectivity index is 3.09. The van der Waals surface area contributed by atoms with Gasteiger partial charge in [-0.1, -0.05) is 6.42 Å². The Labute approximate surface area is 90.8 Å². The molecular formula is C10H21NO2S. The standard InChI is InChI=1S/C10H21NO2S/c1-3-13-10(12)8-14-7-5-4-6-9(2)11/h9H,3-8,11H2,1-2H3. The molecule has 1 unspecified atom stereocenters. The number of thioether (sulfide) groups is 1. The van der Waals surface area contributed by atoms with Crippen LogP contribution in [-0.4, -0.2) is 30.1 Å². The second-order valence-corrected chi connectivity index (χ2v) is 4.44. The molecular weight excluding hydrogens is 198 g/mol. The molecule has 84 valence electrons. The molecule has 0 aromatic carbocycles. The Kier molecular flexibility index (Phi) is 9.19. The van der Waals surface area contributed by atoms with Gasteiger partial charge < -0.3 is 10.5 Å². The Hall–Kier alpha value is -0.220. The molecule has 1 atom stereocenters. The molecule has 0 aromatic rings. The molecule has 0 bridgehead atoms. The van der Waals surface area contributed by atoms with Gasteiger partial charge >= 0.3 is 5.97 Å². The van der Waals surface area contributed by atoms with E-state index in [0.29, 0.717) is 18.4 Å². The van der Waals surface area contributed by atoms with Crippen LogP contribution in [0.15, 0.2) is 0 Å². The highest BCUT2D eigenvalue weighted by atomic mass is 32.2. The van der Waals surface area contributed by atoms with E-state index in [2.05, 4.69) is 0 Å². The molecule has 0 saturated carbocycles. The highest BCUT2D eigenvalue weighted by Gasteiger charge is 2.01. The molecule has 0 aliphatic rings. The predicted octanol–water partition coefficient (Wildman–Crippen LogP) is 1.80. The molecule has 3 nitrogen and oxygen atoms in total. The van der Waals surface area contributed by atoms with Gasteiger partial charge in [0.15, 0.2) is 0 Å². The van der Waals surface area contributed by atoms with Crippen molar-refractivity contribution in [3.63, 3.8) is 0 Å². The van der Waals surface area contributed by atoms with Gasteiger partial charge in [-0.25, -0.2) is 0 Å². The summed E-state index contributed by atoms with van der Waals surface area (Å²) in [5.41, 5.74) is 5.61. The van der Waals surface area contributed by atoms with E-state index in [1.165, 1.54) is 0 Å². The molecule has 0 aliphatic carbocycles. The molecule has 2 N–H and O–H groups in total. The highest BCUT2D eigenvalue weighted by molar-refractivity contribution is 7.99. The normalized spacial score (nSPS) is 12.5. The van der Waals surface area contributed by atoms with Gasteiger partial charge in [-0.2, -0.15) is 11.8 Å². The first kappa shape index (κ1) is 13.8. The summed E-state index contributed by atoms with van der Waals surface area (Å²) in [7, 11) is 0. The number of nitrogens with two attached hydrogens (primary N) is 1. The lowest BCUT2D eigenvalue weighted by atomic mass is 10.2. The van der Waals surface area contributed by atoms with Crippen molar-refractivity contribution < 1.29 is 9.53 Å². The zero-order valence-corrected chi connectivity index (χ0v) is 9.94. The zero-order chi connectivity index (χ0) is 10.8. The quantitative estimate of drug-likeness (QED) is 0.499. The van der Waals surface area contributed by atoms with Gasteiger partial charge in [0.25, 0.3) is 0 Å². The number of hydrogen-bond donors (Lipinski definition) is 1. The minimum Gasteiger partial charge on any atom is -0.465 e. The summed E-state index contributed by atoms with van der Waals surface area (Å²) >= 11 is 1.64. The van der Waals surface area contributed by atoms with Crippen LogP contribution in [0.4, 0.5) is 0 Å². The van der Waals surface area contributed by atoms with Crippen molar-refractivity contribution in [2.45, 2.75) is 39.2 Å². The molecule has 0 rings (SSSR count). The van der Waals surface area contributed by atoms with E-state index in [4.69, 9.17) is 10.5 Å².